The first kappa shape index (κ1) is 56.1. The summed E-state index contributed by atoms with van der Waals surface area (Å²) in [5, 5.41) is 26.5. The largest absolute Gasteiger partial charge is 0.481 e. The number of unbranched alkanes of at least 4 members (excludes halogenated alkanes) is 3. The Morgan fingerprint density at radius 1 is 0.938 bits per heavy atom. The molecule has 2 aromatic heterocycles. The number of carbonyl (C=O) groups excluding carboxylic acids is 3. The maximum absolute atomic E-state index is 12.7. The summed E-state index contributed by atoms with van der Waals surface area (Å²) in [6, 6.07) is 0. The van der Waals surface area contributed by atoms with Crippen LogP contribution < -0.4 is 16.4 Å². The van der Waals surface area contributed by atoms with Crippen LogP contribution in [0.25, 0.3) is 11.2 Å². The van der Waals surface area contributed by atoms with E-state index in [1.54, 1.807) is 0 Å². The van der Waals surface area contributed by atoms with E-state index in [2.05, 4.69) is 77.8 Å². The van der Waals surface area contributed by atoms with Gasteiger partial charge in [-0.15, -0.1) is 0 Å². The SMILES string of the molecule is CCCC/C=C/C/C=C/C/C=C/CCCC(=O)SCCNC(=O)CCNC(=O)C(O)C(C)(C)COP(=O)(O)OP(=O)(O)OCC1OC(n2cnc3c(N)ncnc32)C(O)C1OP(=O)(O)O. The molecular formula is C37H60N7O17P3S. The lowest BCUT2D eigenvalue weighted by atomic mass is 9.87. The summed E-state index contributed by atoms with van der Waals surface area (Å²) in [7, 11) is -16.4. The maximum atomic E-state index is 12.7. The second-order valence-electron chi connectivity index (χ2n) is 15.2. The fourth-order valence-electron chi connectivity index (χ4n) is 5.83. The number of nitrogens with two attached hydrogens (primary N) is 1. The zero-order valence-corrected chi connectivity index (χ0v) is 39.7. The highest BCUT2D eigenvalue weighted by Gasteiger charge is 2.50. The molecule has 2 amide bonds. The van der Waals surface area contributed by atoms with E-state index in [1.807, 2.05) is 0 Å². The third-order valence-corrected chi connectivity index (χ3v) is 13.3. The first-order chi connectivity index (χ1) is 30.6. The first-order valence-electron chi connectivity index (χ1n) is 20.6. The number of rotatable bonds is 30. The molecule has 366 valence electrons. The average molecular weight is 1000 g/mol. The molecule has 7 atom stereocenters. The first-order valence-corrected chi connectivity index (χ1v) is 26.1. The van der Waals surface area contributed by atoms with Crippen molar-refractivity contribution < 1.29 is 80.5 Å². The number of imidazole rings is 1. The Labute approximate surface area is 380 Å². The molecule has 0 spiro atoms. The summed E-state index contributed by atoms with van der Waals surface area (Å²) in [5.41, 5.74) is 4.27. The molecule has 0 aromatic carbocycles. The zero-order chi connectivity index (χ0) is 48.3. The highest BCUT2D eigenvalue weighted by atomic mass is 32.2. The molecule has 2 aromatic rings. The van der Waals surface area contributed by atoms with Crippen LogP contribution >= 0.6 is 35.2 Å². The van der Waals surface area contributed by atoms with E-state index in [-0.39, 0.29) is 41.6 Å². The summed E-state index contributed by atoms with van der Waals surface area (Å²) < 4.78 is 62.3. The maximum Gasteiger partial charge on any atom is 0.481 e. The number of hydrogen-bond acceptors (Lipinski definition) is 18. The molecule has 28 heteroatoms. The number of thioether (sulfide) groups is 1. The van der Waals surface area contributed by atoms with Gasteiger partial charge in [-0.05, 0) is 32.1 Å². The third kappa shape index (κ3) is 20.3. The number of phosphoric acid groups is 3. The minimum absolute atomic E-state index is 0.0133. The van der Waals surface area contributed by atoms with Gasteiger partial charge in [0.05, 0.1) is 19.5 Å². The number of nitrogen functional groups attached to an aromatic ring is 1. The number of aliphatic hydroxyl groups excluding tert-OH is 2. The van der Waals surface area contributed by atoms with Gasteiger partial charge < -0.3 is 50.9 Å². The van der Waals surface area contributed by atoms with Crippen LogP contribution in [-0.2, 0) is 50.7 Å². The van der Waals surface area contributed by atoms with Crippen LogP contribution in [0.1, 0.15) is 84.8 Å². The van der Waals surface area contributed by atoms with Crippen LogP contribution in [0.15, 0.2) is 49.1 Å². The molecule has 24 nitrogen and oxygen atoms in total. The monoisotopic (exact) mass is 999 g/mol. The summed E-state index contributed by atoms with van der Waals surface area (Å²) >= 11 is 1.11. The van der Waals surface area contributed by atoms with Gasteiger partial charge in [0.2, 0.25) is 11.8 Å². The van der Waals surface area contributed by atoms with Crippen molar-refractivity contribution in [3.8, 4) is 0 Å². The van der Waals surface area contributed by atoms with E-state index < -0.39 is 84.6 Å². The molecule has 0 radical (unpaired) electrons. The van der Waals surface area contributed by atoms with Crippen molar-refractivity contribution in [2.75, 3.05) is 37.8 Å². The van der Waals surface area contributed by atoms with Crippen LogP contribution in [0.5, 0.6) is 0 Å². The summed E-state index contributed by atoms with van der Waals surface area (Å²) in [5.74, 6) is -1.08. The van der Waals surface area contributed by atoms with Gasteiger partial charge in [0.15, 0.2) is 22.8 Å². The third-order valence-electron chi connectivity index (χ3n) is 9.29. The Morgan fingerprint density at radius 3 is 2.25 bits per heavy atom. The van der Waals surface area contributed by atoms with Crippen molar-refractivity contribution in [2.24, 2.45) is 5.41 Å². The van der Waals surface area contributed by atoms with Gasteiger partial charge in [-0.25, -0.2) is 28.6 Å². The average Bonchev–Trinajstić information content (AvgIpc) is 3.79. The smallest absolute Gasteiger partial charge is 0.386 e. The number of allylic oxidation sites excluding steroid dienone is 6. The van der Waals surface area contributed by atoms with Crippen molar-refractivity contribution in [1.29, 1.82) is 0 Å². The number of amides is 2. The summed E-state index contributed by atoms with van der Waals surface area (Å²) in [6.45, 7) is 2.69. The van der Waals surface area contributed by atoms with E-state index in [4.69, 9.17) is 19.5 Å². The van der Waals surface area contributed by atoms with Crippen LogP contribution in [0.3, 0.4) is 0 Å². The normalized spacial score (nSPS) is 20.7. The minimum atomic E-state index is -5.58. The van der Waals surface area contributed by atoms with Crippen molar-refractivity contribution in [3.63, 3.8) is 0 Å². The summed E-state index contributed by atoms with van der Waals surface area (Å²) in [6.07, 6.45) is 13.0. The lowest BCUT2D eigenvalue weighted by molar-refractivity contribution is -0.137. The van der Waals surface area contributed by atoms with Gasteiger partial charge in [0, 0.05) is 37.1 Å². The molecule has 0 bridgehead atoms. The lowest BCUT2D eigenvalue weighted by Gasteiger charge is -2.30. The number of nitrogens with one attached hydrogen (secondary N) is 2. The van der Waals surface area contributed by atoms with E-state index in [0.29, 0.717) is 12.2 Å². The molecule has 1 saturated heterocycles. The number of nitrogens with zero attached hydrogens (tertiary/aromatic N) is 4. The molecule has 1 aliphatic heterocycles. The van der Waals surface area contributed by atoms with Crippen LogP contribution in [-0.4, -0.2) is 123 Å². The van der Waals surface area contributed by atoms with Crippen molar-refractivity contribution in [3.05, 3.63) is 49.1 Å². The lowest BCUT2D eigenvalue weighted by Crippen LogP contribution is -2.46. The van der Waals surface area contributed by atoms with E-state index >= 15 is 0 Å². The molecule has 3 rings (SSSR count). The predicted molar refractivity (Wildman–Crippen MR) is 237 cm³/mol. The van der Waals surface area contributed by atoms with Gasteiger partial charge in [0.25, 0.3) is 0 Å². The van der Waals surface area contributed by atoms with E-state index in [1.165, 1.54) is 26.7 Å². The fraction of sp³-hybridized carbons (Fsp3) is 0.622. The van der Waals surface area contributed by atoms with Gasteiger partial charge in [-0.1, -0.05) is 81.8 Å². The van der Waals surface area contributed by atoms with Crippen LogP contribution in [0.4, 0.5) is 5.82 Å². The number of aromatic nitrogens is 4. The molecule has 1 fully saturated rings. The molecule has 0 aliphatic carbocycles. The van der Waals surface area contributed by atoms with E-state index in [0.717, 1.165) is 61.1 Å². The molecule has 10 N–H and O–H groups in total. The Balaban J connectivity index is 1.35. The molecule has 65 heavy (non-hydrogen) atoms. The molecule has 7 unspecified atom stereocenters. The van der Waals surface area contributed by atoms with Gasteiger partial charge in [-0.3, -0.25) is 32.5 Å². The van der Waals surface area contributed by atoms with E-state index in [9.17, 15) is 57.9 Å². The number of aliphatic hydroxyl groups is 2. The molecular weight excluding hydrogens is 939 g/mol. The number of carbonyl (C=O) groups is 3. The Morgan fingerprint density at radius 2 is 1.58 bits per heavy atom. The number of fused-ring (bicyclic) bond motifs is 1. The standard InChI is InChI=1S/C37H60N7O17P3S/c1-4-5-6-7-8-9-10-11-12-13-14-15-16-17-28(46)65-21-20-39-27(45)18-19-40-35(49)32(48)37(2,3)23-58-64(55,56)61-63(53,54)57-22-26-31(60-62(50,51)52)30(47)36(59-26)44-25-43-29-33(38)41-24-42-34(29)44/h7-8,10-11,13-14,24-26,30-32,36,47-48H,4-6,9,12,15-23H2,1-3H3,(H,39,45)(H,40,49)(H,53,54)(H,55,56)(H2,38,41,42)(H2,50,51,52)/b8-7+,11-10+,14-13+. The van der Waals surface area contributed by atoms with Gasteiger partial charge in [0.1, 0.15) is 36.3 Å². The highest BCUT2D eigenvalue weighted by Crippen LogP contribution is 2.61. The number of anilines is 1. The molecule has 1 aliphatic rings. The minimum Gasteiger partial charge on any atom is -0.386 e. The van der Waals surface area contributed by atoms with Gasteiger partial charge >= 0.3 is 23.5 Å². The van der Waals surface area contributed by atoms with Crippen LogP contribution in [0.2, 0.25) is 0 Å². The van der Waals surface area contributed by atoms with Crippen molar-refractivity contribution in [2.45, 2.75) is 109 Å². The number of hydrogen-bond donors (Lipinski definition) is 9. The molecule has 0 saturated carbocycles. The second-order valence-corrected chi connectivity index (χ2v) is 20.6. The van der Waals surface area contributed by atoms with Crippen molar-refractivity contribution >= 4 is 69.1 Å². The Kier molecular flexibility index (Phi) is 23.3. The summed E-state index contributed by atoms with van der Waals surface area (Å²) in [4.78, 5) is 88.2. The quantitative estimate of drug-likeness (QED) is 0.0307. The second kappa shape index (κ2) is 26.9. The molecule has 3 heterocycles. The number of ether oxygens (including phenoxy) is 1. The Bertz CT molecular complexity index is 2100. The van der Waals surface area contributed by atoms with Gasteiger partial charge in [-0.2, -0.15) is 4.31 Å². The predicted octanol–water partition coefficient (Wildman–Crippen LogP) is 3.47. The van der Waals surface area contributed by atoms with Crippen molar-refractivity contribution in [1.82, 2.24) is 30.2 Å². The topological polar surface area (TPSA) is 364 Å². The fourth-order valence-corrected chi connectivity index (χ4v) is 9.38. The zero-order valence-electron chi connectivity index (χ0n) is 36.2. The van der Waals surface area contributed by atoms with Crippen LogP contribution in [0, 0.1) is 5.41 Å². The highest BCUT2D eigenvalue weighted by molar-refractivity contribution is 8.13. The Hall–Kier alpha value is -3.22. The number of phosphoric ester groups is 3.